The van der Waals surface area contributed by atoms with E-state index in [1.165, 1.54) is 0 Å². The van der Waals surface area contributed by atoms with Crippen molar-refractivity contribution in [1.29, 1.82) is 0 Å². The molecule has 3 rings (SSSR count). The molecule has 2 N–H and O–H groups in total. The van der Waals surface area contributed by atoms with Crippen LogP contribution in [0.25, 0.3) is 6.08 Å². The van der Waals surface area contributed by atoms with Gasteiger partial charge in [0.05, 0.1) is 6.10 Å². The molecular weight excluding hydrogens is 354 g/mol. The molecule has 0 bridgehead atoms. The largest absolute Gasteiger partial charge is 0.386 e. The topological polar surface area (TPSA) is 67.8 Å². The molecular formula is C23H31NO4. The molecule has 28 heavy (non-hydrogen) atoms. The lowest BCUT2D eigenvalue weighted by Gasteiger charge is -2.20. The number of nitrogens with one attached hydrogen (secondary N) is 1. The molecule has 0 aromatic heterocycles. The first-order chi connectivity index (χ1) is 13.2. The van der Waals surface area contributed by atoms with E-state index in [1.54, 1.807) is 6.08 Å². The number of hydrogen-bond acceptors (Lipinski definition) is 4. The van der Waals surface area contributed by atoms with Crippen LogP contribution in [0.2, 0.25) is 0 Å². The molecule has 0 aliphatic carbocycles. The minimum atomic E-state index is -0.766. The molecule has 5 heteroatoms. The van der Waals surface area contributed by atoms with Crippen LogP contribution >= 0.6 is 0 Å². The van der Waals surface area contributed by atoms with E-state index in [9.17, 15) is 9.90 Å². The van der Waals surface area contributed by atoms with Crippen LogP contribution in [-0.2, 0) is 9.47 Å². The molecule has 1 aromatic rings. The SMILES string of the molecule is Cc1cc(C)c2c(c1)C=CCC1OC(C)(C)OC1C(O)C=CC(C)CNC2=O. The fraction of sp³-hybridized carbons (Fsp3) is 0.522. The number of benzene rings is 1. The summed E-state index contributed by atoms with van der Waals surface area (Å²) in [6.45, 7) is 10.2. The van der Waals surface area contributed by atoms with Crippen molar-refractivity contribution in [2.75, 3.05) is 6.54 Å². The van der Waals surface area contributed by atoms with Gasteiger partial charge in [0.2, 0.25) is 0 Å². The summed E-state index contributed by atoms with van der Waals surface area (Å²) in [6.07, 6.45) is 6.77. The number of aryl methyl sites for hydroxylation is 2. The Labute approximate surface area is 167 Å². The minimum Gasteiger partial charge on any atom is -0.386 e. The molecule has 4 unspecified atom stereocenters. The second-order valence-electron chi connectivity index (χ2n) is 8.39. The molecule has 0 radical (unpaired) electrons. The Hall–Kier alpha value is -1.95. The van der Waals surface area contributed by atoms with E-state index in [-0.39, 0.29) is 17.9 Å². The summed E-state index contributed by atoms with van der Waals surface area (Å²) in [5, 5.41) is 13.6. The number of carbonyl (C=O) groups is 1. The van der Waals surface area contributed by atoms with E-state index in [0.29, 0.717) is 18.5 Å². The Morgan fingerprint density at radius 2 is 1.93 bits per heavy atom. The summed E-state index contributed by atoms with van der Waals surface area (Å²) in [4.78, 5) is 12.8. The van der Waals surface area contributed by atoms with Gasteiger partial charge in [0.15, 0.2) is 5.79 Å². The third kappa shape index (κ3) is 4.72. The molecule has 4 atom stereocenters. The van der Waals surface area contributed by atoms with Crippen molar-refractivity contribution in [2.45, 2.75) is 65.1 Å². The molecule has 1 amide bonds. The van der Waals surface area contributed by atoms with Gasteiger partial charge in [0.1, 0.15) is 12.2 Å². The number of aliphatic hydroxyl groups excluding tert-OH is 1. The molecule has 0 spiro atoms. The Morgan fingerprint density at radius 1 is 1.18 bits per heavy atom. The van der Waals surface area contributed by atoms with Crippen molar-refractivity contribution >= 4 is 12.0 Å². The summed E-state index contributed by atoms with van der Waals surface area (Å²) in [5.41, 5.74) is 3.67. The smallest absolute Gasteiger partial charge is 0.252 e. The molecule has 2 heterocycles. The predicted molar refractivity (Wildman–Crippen MR) is 110 cm³/mol. The quantitative estimate of drug-likeness (QED) is 0.671. The molecule has 5 nitrogen and oxygen atoms in total. The van der Waals surface area contributed by atoms with Crippen LogP contribution in [0.3, 0.4) is 0 Å². The van der Waals surface area contributed by atoms with Gasteiger partial charge in [-0.15, -0.1) is 0 Å². The number of rotatable bonds is 0. The lowest BCUT2D eigenvalue weighted by Crippen LogP contribution is -2.34. The summed E-state index contributed by atoms with van der Waals surface area (Å²) >= 11 is 0. The third-order valence-electron chi connectivity index (χ3n) is 5.18. The molecule has 0 saturated carbocycles. The first-order valence-electron chi connectivity index (χ1n) is 9.94. The van der Waals surface area contributed by atoms with E-state index in [0.717, 1.165) is 16.7 Å². The first kappa shape index (κ1) is 20.8. The van der Waals surface area contributed by atoms with Gasteiger partial charge in [-0.05, 0) is 51.2 Å². The fourth-order valence-electron chi connectivity index (χ4n) is 3.93. The summed E-state index contributed by atoms with van der Waals surface area (Å²) < 4.78 is 12.0. The molecule has 2 aliphatic rings. The van der Waals surface area contributed by atoms with E-state index in [2.05, 4.69) is 5.32 Å². The molecule has 1 saturated heterocycles. The van der Waals surface area contributed by atoms with Crippen molar-refractivity contribution in [3.05, 3.63) is 52.6 Å². The van der Waals surface area contributed by atoms with Crippen LogP contribution < -0.4 is 5.32 Å². The van der Waals surface area contributed by atoms with Crippen LogP contribution in [0.4, 0.5) is 0 Å². The van der Waals surface area contributed by atoms with Crippen LogP contribution in [0.5, 0.6) is 0 Å². The average molecular weight is 386 g/mol. The highest BCUT2D eigenvalue weighted by molar-refractivity contribution is 5.99. The van der Waals surface area contributed by atoms with Crippen LogP contribution in [0, 0.1) is 19.8 Å². The van der Waals surface area contributed by atoms with Crippen LogP contribution in [-0.4, -0.2) is 41.7 Å². The Kier molecular flexibility index (Phi) is 6.08. The van der Waals surface area contributed by atoms with E-state index < -0.39 is 18.0 Å². The number of hydrogen-bond donors (Lipinski definition) is 2. The Balaban J connectivity index is 1.98. The molecule has 2 aliphatic heterocycles. The lowest BCUT2D eigenvalue weighted by atomic mass is 9.96. The number of carbonyl (C=O) groups excluding carboxylic acids is 1. The summed E-state index contributed by atoms with van der Waals surface area (Å²) in [7, 11) is 0. The van der Waals surface area contributed by atoms with Crippen molar-refractivity contribution in [3.8, 4) is 0 Å². The first-order valence-corrected chi connectivity index (χ1v) is 9.94. The number of fused-ring (bicyclic) bond motifs is 2. The highest BCUT2D eigenvalue weighted by Crippen LogP contribution is 2.33. The maximum Gasteiger partial charge on any atom is 0.252 e. The van der Waals surface area contributed by atoms with E-state index >= 15 is 0 Å². The van der Waals surface area contributed by atoms with Gasteiger partial charge < -0.3 is 19.9 Å². The zero-order chi connectivity index (χ0) is 20.5. The van der Waals surface area contributed by atoms with Gasteiger partial charge >= 0.3 is 0 Å². The van der Waals surface area contributed by atoms with Crippen molar-refractivity contribution in [2.24, 2.45) is 5.92 Å². The average Bonchev–Trinajstić information content (AvgIpc) is 2.91. The lowest BCUT2D eigenvalue weighted by molar-refractivity contribution is -0.152. The van der Waals surface area contributed by atoms with Gasteiger partial charge in [0.25, 0.3) is 5.91 Å². The van der Waals surface area contributed by atoms with Crippen molar-refractivity contribution in [3.63, 3.8) is 0 Å². The fourth-order valence-corrected chi connectivity index (χ4v) is 3.93. The maximum atomic E-state index is 12.8. The maximum absolute atomic E-state index is 12.8. The predicted octanol–water partition coefficient (Wildman–Crippen LogP) is 3.52. The van der Waals surface area contributed by atoms with Crippen LogP contribution in [0.1, 0.15) is 54.2 Å². The standard InChI is InChI=1S/C23H31NO4/c1-14-9-10-18(25)21-19(27-23(4,5)28-21)8-6-7-17-12-15(2)11-16(3)20(17)22(26)24-13-14/h6-7,9-12,14,18-19,21,25H,8,13H2,1-5H3,(H,24,26). The number of ether oxygens (including phenoxy) is 2. The molecule has 152 valence electrons. The van der Waals surface area contributed by atoms with Crippen molar-refractivity contribution in [1.82, 2.24) is 5.32 Å². The van der Waals surface area contributed by atoms with Gasteiger partial charge in [-0.3, -0.25) is 4.79 Å². The molecule has 1 fully saturated rings. The monoisotopic (exact) mass is 385 g/mol. The molecule has 1 aromatic carbocycles. The zero-order valence-electron chi connectivity index (χ0n) is 17.4. The number of aliphatic hydroxyl groups is 1. The minimum absolute atomic E-state index is 0.0746. The highest BCUT2D eigenvalue weighted by Gasteiger charge is 2.43. The van der Waals surface area contributed by atoms with Crippen molar-refractivity contribution < 1.29 is 19.4 Å². The number of amides is 1. The van der Waals surface area contributed by atoms with Gasteiger partial charge in [-0.2, -0.15) is 0 Å². The van der Waals surface area contributed by atoms with E-state index in [4.69, 9.17) is 9.47 Å². The Morgan fingerprint density at radius 3 is 2.68 bits per heavy atom. The second kappa shape index (κ2) is 8.19. The highest BCUT2D eigenvalue weighted by atomic mass is 16.8. The Bertz CT molecular complexity index is 796. The van der Waals surface area contributed by atoms with Crippen LogP contribution in [0.15, 0.2) is 30.4 Å². The summed E-state index contributed by atoms with van der Waals surface area (Å²) in [5.74, 6) is -0.727. The van der Waals surface area contributed by atoms with E-state index in [1.807, 2.05) is 65.0 Å². The van der Waals surface area contributed by atoms with Gasteiger partial charge in [0, 0.05) is 12.1 Å². The zero-order valence-corrected chi connectivity index (χ0v) is 17.4. The third-order valence-corrected chi connectivity index (χ3v) is 5.18. The summed E-state index contributed by atoms with van der Waals surface area (Å²) in [6, 6.07) is 4.05. The van der Waals surface area contributed by atoms with Gasteiger partial charge in [-0.1, -0.05) is 48.9 Å². The second-order valence-corrected chi connectivity index (χ2v) is 8.39. The van der Waals surface area contributed by atoms with Gasteiger partial charge in [-0.25, -0.2) is 0 Å². The normalized spacial score (nSPS) is 30.3.